The summed E-state index contributed by atoms with van der Waals surface area (Å²) in [7, 11) is 0. The van der Waals surface area contributed by atoms with Gasteiger partial charge < -0.3 is 69.3 Å². The van der Waals surface area contributed by atoms with Crippen LogP contribution in [0, 0.1) is 5.41 Å². The lowest BCUT2D eigenvalue weighted by molar-refractivity contribution is -0.134. The maximum Gasteiger partial charge on any atom is 0.245 e. The zero-order chi connectivity index (χ0) is 49.5. The minimum Gasteiger partial charge on any atom is -0.508 e. The van der Waals surface area contributed by atoms with E-state index >= 15 is 0 Å². The van der Waals surface area contributed by atoms with Crippen LogP contribution < -0.4 is 54.0 Å². The molecule has 0 aliphatic heterocycles. The summed E-state index contributed by atoms with van der Waals surface area (Å²) < 4.78 is 0. The fourth-order valence-electron chi connectivity index (χ4n) is 6.38. The Morgan fingerprint density at radius 1 is 0.582 bits per heavy atom. The number of hydrogen-bond donors (Lipinski definition) is 14. The lowest BCUT2D eigenvalue weighted by atomic mass is 10.0. The lowest BCUT2D eigenvalue weighted by Gasteiger charge is -2.26. The van der Waals surface area contributed by atoms with E-state index in [-0.39, 0.29) is 49.7 Å². The van der Waals surface area contributed by atoms with Gasteiger partial charge in [-0.25, -0.2) is 0 Å². The van der Waals surface area contributed by atoms with Crippen molar-refractivity contribution >= 4 is 53.1 Å². The van der Waals surface area contributed by atoms with Gasteiger partial charge in [0, 0.05) is 25.8 Å². The number of ketones is 1. The van der Waals surface area contributed by atoms with E-state index in [0.717, 1.165) is 0 Å². The molecule has 0 heterocycles. The Kier molecular flexibility index (Phi) is 22.4. The molecule has 362 valence electrons. The third kappa shape index (κ3) is 19.7. The van der Waals surface area contributed by atoms with Gasteiger partial charge in [0.15, 0.2) is 11.7 Å². The number of aromatic hydroxyl groups is 1. The van der Waals surface area contributed by atoms with E-state index in [1.807, 2.05) is 0 Å². The van der Waals surface area contributed by atoms with Crippen LogP contribution in [0.4, 0.5) is 0 Å². The number of aliphatic hydroxyl groups excluding tert-OH is 2. The quantitative estimate of drug-likeness (QED) is 0.0202. The average Bonchev–Trinajstić information content (AvgIpc) is 3.30. The average molecular weight is 932 g/mol. The fourth-order valence-corrected chi connectivity index (χ4v) is 6.38. The molecule has 0 bridgehead atoms. The van der Waals surface area contributed by atoms with Gasteiger partial charge in [0.2, 0.25) is 41.4 Å². The van der Waals surface area contributed by atoms with Gasteiger partial charge in [-0.2, -0.15) is 0 Å². The topological polar surface area (TPSA) is 369 Å². The Bertz CT molecular complexity index is 2140. The zero-order valence-corrected chi connectivity index (χ0v) is 37.3. The number of guanidine groups is 1. The zero-order valence-electron chi connectivity index (χ0n) is 37.3. The first-order chi connectivity index (χ1) is 31.9. The first kappa shape index (κ1) is 53.9. The number of Topliss-reactive ketones (excluding diaryl/α,β-unsaturated/α-hetero) is 1. The predicted octanol–water partition coefficient (Wildman–Crippen LogP) is -3.37. The highest BCUT2D eigenvalue weighted by molar-refractivity contribution is 5.97. The molecule has 22 nitrogen and oxygen atoms in total. The summed E-state index contributed by atoms with van der Waals surface area (Å²) in [6.07, 6.45) is -0.924. The summed E-state index contributed by atoms with van der Waals surface area (Å²) in [4.78, 5) is 105. The maximum absolute atomic E-state index is 14.2. The Labute approximate surface area is 387 Å². The maximum atomic E-state index is 14.2. The molecule has 0 saturated carbocycles. The van der Waals surface area contributed by atoms with E-state index in [2.05, 4.69) is 42.5 Å². The van der Waals surface area contributed by atoms with E-state index in [1.165, 1.54) is 38.1 Å². The summed E-state index contributed by atoms with van der Waals surface area (Å²) in [6.45, 7) is 0.630. The standard InChI is InChI=1S/C45H61N11O11/c1-26(58)32(14-9-19-49-45(47)48)53-43(66)36(25-57)52-38(62)24-50-37(61)23-51-40(63)33(22-30-15-17-31(60)18-16-30)54-41(64)34(20-28-10-5-3-6-11-28)55-42(65)35(21-29-12-7-4-8-13-29)56-44(67)39(46)27(2)59/h3-8,10-13,15-18,27,32-36,39,57,59-60H,9,14,19-25,46H2,1-2H3,(H,50,61)(H,51,63)(H,52,62)(H,53,66)(H,54,64)(H,55,65)(H,56,67)(H4,47,48,49). The number of carbonyl (C=O) groups is 8. The molecule has 16 N–H and O–H groups in total. The third-order valence-electron chi connectivity index (χ3n) is 10.2. The van der Waals surface area contributed by atoms with Crippen LogP contribution in [0.5, 0.6) is 5.75 Å². The summed E-state index contributed by atoms with van der Waals surface area (Å²) in [5.74, 6) is -6.55. The molecule has 0 aliphatic carbocycles. The SMILES string of the molecule is CC(=O)C(CCCNC(=N)N)NC(=O)C(CO)NC(=O)CNC(=O)CNC(=O)C(Cc1ccc(O)cc1)NC(=O)C(Cc1ccccc1)NC(=O)C(Cc1ccccc1)NC(=O)C(N)C(C)O. The first-order valence-electron chi connectivity index (χ1n) is 21.4. The summed E-state index contributed by atoms with van der Waals surface area (Å²) >= 11 is 0. The van der Waals surface area contributed by atoms with E-state index in [0.29, 0.717) is 23.1 Å². The van der Waals surface area contributed by atoms with Crippen LogP contribution >= 0.6 is 0 Å². The molecule has 0 aliphatic rings. The lowest BCUT2D eigenvalue weighted by Crippen LogP contribution is -2.59. The number of hydrogen-bond acceptors (Lipinski definition) is 13. The van der Waals surface area contributed by atoms with Crippen molar-refractivity contribution in [2.75, 3.05) is 26.2 Å². The number of rotatable bonds is 27. The third-order valence-corrected chi connectivity index (χ3v) is 10.2. The van der Waals surface area contributed by atoms with Crippen molar-refractivity contribution in [3.63, 3.8) is 0 Å². The van der Waals surface area contributed by atoms with Gasteiger partial charge in [0.1, 0.15) is 36.0 Å². The number of nitrogens with one attached hydrogen (secondary N) is 9. The van der Waals surface area contributed by atoms with E-state index < -0.39 is 103 Å². The number of aliphatic hydroxyl groups is 2. The second-order valence-corrected chi connectivity index (χ2v) is 15.7. The van der Waals surface area contributed by atoms with E-state index in [1.54, 1.807) is 60.7 Å². The largest absolute Gasteiger partial charge is 0.508 e. The normalized spacial score (nSPS) is 13.9. The number of benzene rings is 3. The van der Waals surface area contributed by atoms with Crippen LogP contribution in [0.3, 0.4) is 0 Å². The van der Waals surface area contributed by atoms with Crippen LogP contribution in [0.1, 0.15) is 43.4 Å². The molecule has 7 unspecified atom stereocenters. The Morgan fingerprint density at radius 3 is 1.51 bits per heavy atom. The molecule has 7 atom stereocenters. The molecule has 7 amide bonds. The van der Waals surface area contributed by atoms with Gasteiger partial charge >= 0.3 is 0 Å². The minimum atomic E-state index is -1.48. The van der Waals surface area contributed by atoms with Gasteiger partial charge in [-0.15, -0.1) is 0 Å². The van der Waals surface area contributed by atoms with Crippen LogP contribution in [-0.2, 0) is 57.6 Å². The molecule has 3 rings (SSSR count). The highest BCUT2D eigenvalue weighted by atomic mass is 16.3. The molecule has 0 aromatic heterocycles. The second-order valence-electron chi connectivity index (χ2n) is 15.7. The van der Waals surface area contributed by atoms with Crippen LogP contribution in [0.25, 0.3) is 0 Å². The molecule has 0 radical (unpaired) electrons. The monoisotopic (exact) mass is 931 g/mol. The molecule has 0 saturated heterocycles. The molecule has 22 heteroatoms. The van der Waals surface area contributed by atoms with E-state index in [9.17, 15) is 53.7 Å². The van der Waals surface area contributed by atoms with Gasteiger partial charge in [0.25, 0.3) is 0 Å². The molecule has 0 fully saturated rings. The summed E-state index contributed by atoms with van der Waals surface area (Å²) in [5, 5.41) is 56.7. The first-order valence-corrected chi connectivity index (χ1v) is 21.4. The molecule has 67 heavy (non-hydrogen) atoms. The van der Waals surface area contributed by atoms with Crippen molar-refractivity contribution in [3.05, 3.63) is 102 Å². The van der Waals surface area contributed by atoms with Gasteiger partial charge in [-0.1, -0.05) is 72.8 Å². The van der Waals surface area contributed by atoms with Gasteiger partial charge in [-0.3, -0.25) is 43.8 Å². The molecular weight excluding hydrogens is 871 g/mol. The second kappa shape index (κ2) is 27.8. The Balaban J connectivity index is 1.73. The van der Waals surface area contributed by atoms with Crippen molar-refractivity contribution in [2.45, 2.75) is 88.3 Å². The molecule has 3 aromatic carbocycles. The highest BCUT2D eigenvalue weighted by Crippen LogP contribution is 2.13. The van der Waals surface area contributed by atoms with Crippen LogP contribution in [0.2, 0.25) is 0 Å². The molecular formula is C45H61N11O11. The number of phenols is 1. The van der Waals surface area contributed by atoms with Crippen molar-refractivity contribution in [1.29, 1.82) is 5.41 Å². The fraction of sp³-hybridized carbons (Fsp3) is 0.400. The minimum absolute atomic E-state index is 0.0118. The number of carbonyl (C=O) groups excluding carboxylic acids is 8. The number of amides is 7. The van der Waals surface area contributed by atoms with E-state index in [4.69, 9.17) is 16.9 Å². The highest BCUT2D eigenvalue weighted by Gasteiger charge is 2.32. The molecule has 3 aromatic rings. The smallest absolute Gasteiger partial charge is 0.245 e. The van der Waals surface area contributed by atoms with Gasteiger partial charge in [-0.05, 0) is 55.5 Å². The Morgan fingerprint density at radius 2 is 1.03 bits per heavy atom. The van der Waals surface area contributed by atoms with Crippen molar-refractivity contribution in [1.82, 2.24) is 42.5 Å². The van der Waals surface area contributed by atoms with Crippen LogP contribution in [-0.4, -0.2) is 137 Å². The van der Waals surface area contributed by atoms with Crippen LogP contribution in [0.15, 0.2) is 84.9 Å². The van der Waals surface area contributed by atoms with Crippen molar-refractivity contribution < 1.29 is 53.7 Å². The number of nitrogens with two attached hydrogens (primary N) is 2. The molecule has 0 spiro atoms. The van der Waals surface area contributed by atoms with Crippen molar-refractivity contribution in [3.8, 4) is 5.75 Å². The summed E-state index contributed by atoms with van der Waals surface area (Å²) in [5.41, 5.74) is 12.9. The van der Waals surface area contributed by atoms with Crippen molar-refractivity contribution in [2.24, 2.45) is 11.5 Å². The Hall–Kier alpha value is -7.43. The summed E-state index contributed by atoms with van der Waals surface area (Å²) in [6, 6.07) is 15.4. The predicted molar refractivity (Wildman–Crippen MR) is 244 cm³/mol. The number of phenolic OH excluding ortho intramolecular Hbond substituents is 1. The van der Waals surface area contributed by atoms with Gasteiger partial charge in [0.05, 0.1) is 31.8 Å².